The Hall–Kier alpha value is -1.62. The summed E-state index contributed by atoms with van der Waals surface area (Å²) in [7, 11) is -10.7. The zero-order valence-corrected chi connectivity index (χ0v) is 29.3. The van der Waals surface area contributed by atoms with Crippen LogP contribution in [0.15, 0.2) is 43.8 Å². The van der Waals surface area contributed by atoms with Crippen LogP contribution < -0.4 is 4.18 Å². The molecule has 3 saturated carbocycles. The number of rotatable bonds is 9. The van der Waals surface area contributed by atoms with E-state index in [4.69, 9.17) is 4.18 Å². The molecule has 2 aromatic carbocycles. The fourth-order valence-electron chi connectivity index (χ4n) is 7.47. The lowest BCUT2D eigenvalue weighted by Gasteiger charge is -2.32. The van der Waals surface area contributed by atoms with Crippen LogP contribution in [-0.2, 0) is 20.2 Å². The summed E-state index contributed by atoms with van der Waals surface area (Å²) < 4.78 is 152. The molecular formula is C32H37F6O6S4-. The number of hydrogen-bond acceptors (Lipinski definition) is 8. The van der Waals surface area contributed by atoms with E-state index in [-0.39, 0.29) is 22.6 Å². The molecule has 2 aromatic rings. The molecule has 0 unspecified atom stereocenters. The lowest BCUT2D eigenvalue weighted by molar-refractivity contribution is -0.0347. The van der Waals surface area contributed by atoms with Crippen LogP contribution in [-0.4, -0.2) is 32.4 Å². The Kier molecular flexibility index (Phi) is 11.7. The Balaban J connectivity index is 1.72. The van der Waals surface area contributed by atoms with Gasteiger partial charge in [-0.15, -0.1) is 0 Å². The van der Waals surface area contributed by atoms with Crippen LogP contribution in [0.5, 0.6) is 5.75 Å². The van der Waals surface area contributed by atoms with Crippen molar-refractivity contribution in [3.63, 3.8) is 0 Å². The Morgan fingerprint density at radius 3 is 1.46 bits per heavy atom. The Morgan fingerprint density at radius 2 is 1.04 bits per heavy atom. The summed E-state index contributed by atoms with van der Waals surface area (Å²) in [5.74, 6) is -1.27. The molecule has 0 heterocycles. The topological polar surface area (TPSA) is 101 Å². The summed E-state index contributed by atoms with van der Waals surface area (Å²) in [6.07, 6.45) is 13.2. The van der Waals surface area contributed by atoms with Gasteiger partial charge in [0.1, 0.15) is 15.0 Å². The van der Waals surface area contributed by atoms with Gasteiger partial charge in [-0.2, -0.15) is 34.8 Å². The highest BCUT2D eigenvalue weighted by atomic mass is 32.2. The van der Waals surface area contributed by atoms with E-state index in [9.17, 15) is 47.7 Å². The monoisotopic (exact) mass is 759 g/mol. The second-order valence-corrected chi connectivity index (χ2v) is 17.8. The van der Waals surface area contributed by atoms with Gasteiger partial charge in [0.2, 0.25) is 0 Å². The highest BCUT2D eigenvalue weighted by Crippen LogP contribution is 2.53. The van der Waals surface area contributed by atoms with E-state index >= 15 is 0 Å². The van der Waals surface area contributed by atoms with Gasteiger partial charge in [0.25, 0.3) is 0 Å². The summed E-state index contributed by atoms with van der Waals surface area (Å²) in [5, 5.41) is 0. The zero-order chi connectivity index (χ0) is 34.9. The largest absolute Gasteiger partial charge is 0.744 e. The Morgan fingerprint density at radius 1 is 0.625 bits per heavy atom. The summed E-state index contributed by atoms with van der Waals surface area (Å²) in [4.78, 5) is -4.79. The third kappa shape index (κ3) is 9.38. The van der Waals surface area contributed by atoms with Crippen molar-refractivity contribution >= 4 is 43.8 Å². The maximum absolute atomic E-state index is 14.5. The molecule has 0 atom stereocenters. The summed E-state index contributed by atoms with van der Waals surface area (Å²) >= 11 is -2.41. The third-order valence-corrected chi connectivity index (χ3v) is 13.7. The van der Waals surface area contributed by atoms with E-state index < -0.39 is 75.2 Å². The van der Waals surface area contributed by atoms with Crippen molar-refractivity contribution < 1.29 is 51.9 Å². The van der Waals surface area contributed by atoms with E-state index in [1.54, 1.807) is 0 Å². The minimum atomic E-state index is -5.71. The van der Waals surface area contributed by atoms with Gasteiger partial charge in [0.15, 0.2) is 5.75 Å². The maximum atomic E-state index is 14.5. The quantitative estimate of drug-likeness (QED) is 0.108. The van der Waals surface area contributed by atoms with Crippen molar-refractivity contribution in [3.05, 3.63) is 41.0 Å². The predicted molar refractivity (Wildman–Crippen MR) is 170 cm³/mol. The van der Waals surface area contributed by atoms with Gasteiger partial charge in [0.05, 0.1) is 14.7 Å². The fraction of sp³-hybridized carbons (Fsp3) is 0.625. The average Bonchev–Trinajstić information content (AvgIpc) is 3.01. The number of alkyl halides is 6. The first-order valence-corrected chi connectivity index (χ1v) is 20.6. The number of hydrogen-bond donors (Lipinski definition) is 0. The second kappa shape index (κ2) is 14.9. The van der Waals surface area contributed by atoms with Crippen molar-refractivity contribution in [1.82, 2.24) is 0 Å². The minimum absolute atomic E-state index is 0.158. The molecule has 3 fully saturated rings. The fourth-order valence-corrected chi connectivity index (χ4v) is 11.6. The zero-order valence-electron chi connectivity index (χ0n) is 26.0. The van der Waals surface area contributed by atoms with Crippen molar-refractivity contribution in [1.29, 1.82) is 0 Å². The first-order valence-electron chi connectivity index (χ1n) is 16.2. The SMILES string of the molecule is O=S(=O)([O-])c1ccc(OS(=O)(=O)c2c(C3CCCCC3)cc(C3CCCCC3)cc2C2CCCCC2)c(SC(F)(F)F)c1SC(F)(F)F. The molecule has 0 aromatic heterocycles. The third-order valence-electron chi connectivity index (χ3n) is 9.53. The van der Waals surface area contributed by atoms with Crippen LogP contribution in [0.1, 0.15) is 131 Å². The van der Waals surface area contributed by atoms with Gasteiger partial charge >= 0.3 is 21.1 Å². The van der Waals surface area contributed by atoms with E-state index in [1.807, 2.05) is 12.1 Å². The smallest absolute Gasteiger partial charge is 0.446 e. The molecule has 0 saturated heterocycles. The summed E-state index contributed by atoms with van der Waals surface area (Å²) in [6, 6.07) is 4.67. The molecule has 268 valence electrons. The lowest BCUT2D eigenvalue weighted by atomic mass is 9.76. The summed E-state index contributed by atoms with van der Waals surface area (Å²) in [5.41, 5.74) is -8.55. The van der Waals surface area contributed by atoms with Crippen LogP contribution >= 0.6 is 23.5 Å². The molecule has 0 spiro atoms. The van der Waals surface area contributed by atoms with E-state index in [2.05, 4.69) is 0 Å². The number of halogens is 6. The van der Waals surface area contributed by atoms with Crippen molar-refractivity contribution in [2.45, 2.75) is 145 Å². The van der Waals surface area contributed by atoms with Crippen LogP contribution in [0, 0.1) is 0 Å². The standard InChI is InChI=1S/C32H38F6O6S4/c33-31(34,35)45-28-26(16-17-27(47(39,40)41)29(28)46-32(36,37)38)44-48(42,43)30-24(21-12-6-2-7-13-21)18-23(20-10-4-1-5-11-20)19-25(30)22-14-8-3-9-15-22/h16-22H,1-15H2,(H,39,40,41)/p-1. The van der Waals surface area contributed by atoms with Gasteiger partial charge in [-0.25, -0.2) is 8.42 Å². The summed E-state index contributed by atoms with van der Waals surface area (Å²) in [6.45, 7) is 0. The average molecular weight is 760 g/mol. The second-order valence-electron chi connectivity index (χ2n) is 12.8. The van der Waals surface area contributed by atoms with Crippen molar-refractivity contribution in [3.8, 4) is 5.75 Å². The predicted octanol–water partition coefficient (Wildman–Crippen LogP) is 10.7. The Bertz CT molecular complexity index is 1630. The van der Waals surface area contributed by atoms with E-state index in [0.29, 0.717) is 48.9 Å². The van der Waals surface area contributed by atoms with Crippen LogP contribution in [0.25, 0.3) is 0 Å². The molecule has 16 heteroatoms. The molecule has 3 aliphatic rings. The first kappa shape index (κ1) is 37.6. The van der Waals surface area contributed by atoms with Gasteiger partial charge in [-0.05, 0) is 109 Å². The highest BCUT2D eigenvalue weighted by Gasteiger charge is 2.41. The van der Waals surface area contributed by atoms with Crippen LogP contribution in [0.3, 0.4) is 0 Å². The Labute approximate surface area is 286 Å². The van der Waals surface area contributed by atoms with E-state index in [0.717, 1.165) is 76.2 Å². The van der Waals surface area contributed by atoms with Crippen LogP contribution in [0.4, 0.5) is 26.3 Å². The normalized spacial score (nSPS) is 19.8. The molecule has 0 amide bonds. The highest BCUT2D eigenvalue weighted by molar-refractivity contribution is 8.03. The number of benzene rings is 2. The molecule has 3 aliphatic carbocycles. The van der Waals surface area contributed by atoms with Crippen LogP contribution in [0.2, 0.25) is 0 Å². The lowest BCUT2D eigenvalue weighted by Crippen LogP contribution is -2.22. The van der Waals surface area contributed by atoms with E-state index in [1.165, 1.54) is 0 Å². The molecule has 0 bridgehead atoms. The molecule has 48 heavy (non-hydrogen) atoms. The molecule has 0 N–H and O–H groups in total. The van der Waals surface area contributed by atoms with Gasteiger partial charge in [0, 0.05) is 0 Å². The van der Waals surface area contributed by atoms with Crippen molar-refractivity contribution in [2.75, 3.05) is 0 Å². The molecule has 0 radical (unpaired) electrons. The maximum Gasteiger partial charge on any atom is 0.446 e. The number of thioether (sulfide) groups is 2. The molecule has 6 nitrogen and oxygen atoms in total. The van der Waals surface area contributed by atoms with Crippen molar-refractivity contribution in [2.24, 2.45) is 0 Å². The van der Waals surface area contributed by atoms with Gasteiger partial charge < -0.3 is 8.74 Å². The minimum Gasteiger partial charge on any atom is -0.744 e. The molecule has 5 rings (SSSR count). The van der Waals surface area contributed by atoms with Gasteiger partial charge in [-0.1, -0.05) is 69.9 Å². The molecular weight excluding hydrogens is 723 g/mol. The van der Waals surface area contributed by atoms with Gasteiger partial charge in [-0.3, -0.25) is 0 Å². The molecule has 0 aliphatic heterocycles. The first-order chi connectivity index (χ1) is 22.4.